The molecule has 11 nitrogen and oxygen atoms in total. The van der Waals surface area contributed by atoms with E-state index in [4.69, 9.17) is 29.7 Å². The number of aryl methyl sites for hydroxylation is 1. The number of nitrogens with zero attached hydrogens (tertiary/aromatic N) is 2. The molecule has 0 radical (unpaired) electrons. The van der Waals surface area contributed by atoms with E-state index in [0.29, 0.717) is 29.1 Å². The third-order valence-electron chi connectivity index (χ3n) is 7.34. The smallest absolute Gasteiger partial charge is 0.457 e. The van der Waals surface area contributed by atoms with Crippen LogP contribution in [0.25, 0.3) is 22.3 Å². The highest BCUT2D eigenvalue weighted by Gasteiger charge is 2.50. The monoisotopic (exact) mass is 563 g/mol. The van der Waals surface area contributed by atoms with E-state index >= 15 is 0 Å². The fourth-order valence-corrected chi connectivity index (χ4v) is 5.40. The van der Waals surface area contributed by atoms with Gasteiger partial charge in [-0.05, 0) is 70.4 Å². The van der Waals surface area contributed by atoms with Crippen LogP contribution >= 0.6 is 0 Å². The molecule has 0 fully saturated rings. The van der Waals surface area contributed by atoms with Crippen molar-refractivity contribution in [1.29, 1.82) is 0 Å². The van der Waals surface area contributed by atoms with Gasteiger partial charge in [-0.3, -0.25) is 9.59 Å². The lowest BCUT2D eigenvalue weighted by Gasteiger charge is -2.36. The quantitative estimate of drug-likeness (QED) is 0.215. The summed E-state index contributed by atoms with van der Waals surface area (Å²) in [6.07, 6.45) is -0.139. The lowest BCUT2D eigenvalue weighted by atomic mass is 9.85. The largest absolute Gasteiger partial charge is 0.514 e. The highest BCUT2D eigenvalue weighted by atomic mass is 16.7. The number of hydrogen-bond donors (Lipinski definition) is 1. The number of carbonyl (C=O) groups excluding carboxylic acids is 3. The van der Waals surface area contributed by atoms with Gasteiger partial charge >= 0.3 is 18.1 Å². The predicted octanol–water partition coefficient (Wildman–Crippen LogP) is 3.85. The van der Waals surface area contributed by atoms with Crippen molar-refractivity contribution >= 4 is 29.0 Å². The number of cyclic esters (lactones) is 1. The molecule has 1 aromatic carbocycles. The van der Waals surface area contributed by atoms with E-state index in [1.54, 1.807) is 56.5 Å². The van der Waals surface area contributed by atoms with E-state index in [0.717, 1.165) is 16.5 Å². The first-order valence-corrected chi connectivity index (χ1v) is 13.6. The maximum atomic E-state index is 13.8. The van der Waals surface area contributed by atoms with Crippen LogP contribution < -0.4 is 16.0 Å². The van der Waals surface area contributed by atoms with E-state index in [1.165, 1.54) is 6.92 Å². The summed E-state index contributed by atoms with van der Waals surface area (Å²) in [5.74, 6) is -1.22. The molecule has 2 N–H and O–H groups in total. The van der Waals surface area contributed by atoms with Gasteiger partial charge in [-0.15, -0.1) is 0 Å². The van der Waals surface area contributed by atoms with Gasteiger partial charge in [0.25, 0.3) is 5.56 Å². The summed E-state index contributed by atoms with van der Waals surface area (Å²) in [5.41, 5.74) is 6.95. The highest BCUT2D eigenvalue weighted by molar-refractivity contribution is 5.91. The van der Waals surface area contributed by atoms with Crippen LogP contribution in [0.1, 0.15) is 70.2 Å². The minimum absolute atomic E-state index is 0.0544. The molecule has 0 aliphatic carbocycles. The Bertz CT molecular complexity index is 1670. The molecule has 3 aromatic rings. The Morgan fingerprint density at radius 1 is 1.17 bits per heavy atom. The van der Waals surface area contributed by atoms with Gasteiger partial charge in [0.2, 0.25) is 5.60 Å². The van der Waals surface area contributed by atoms with Crippen molar-refractivity contribution in [3.63, 3.8) is 0 Å². The summed E-state index contributed by atoms with van der Waals surface area (Å²) in [4.78, 5) is 56.6. The van der Waals surface area contributed by atoms with Crippen LogP contribution in [0.5, 0.6) is 5.75 Å². The number of carbonyl (C=O) groups is 3. The molecule has 2 aromatic heterocycles. The van der Waals surface area contributed by atoms with E-state index in [-0.39, 0.29) is 36.3 Å². The SMILES string of the molecule is CCc1c2c(nc3ccc(OC(=O)OC(C)(C)C)cc13)-c1cc3c(c(=O)n1C2)COC(=O)[C@@]3(CC)OC(=O)C(C)N. The van der Waals surface area contributed by atoms with Gasteiger partial charge in [0, 0.05) is 16.5 Å². The number of aromatic nitrogens is 2. The van der Waals surface area contributed by atoms with Crippen molar-refractivity contribution in [3.05, 3.63) is 56.9 Å². The number of hydrogen-bond acceptors (Lipinski definition) is 10. The van der Waals surface area contributed by atoms with Gasteiger partial charge in [0.1, 0.15) is 24.0 Å². The summed E-state index contributed by atoms with van der Waals surface area (Å²) in [5, 5.41) is 0.783. The maximum Gasteiger partial charge on any atom is 0.514 e. The minimum atomic E-state index is -1.80. The third-order valence-corrected chi connectivity index (χ3v) is 7.34. The molecule has 0 bridgehead atoms. The molecule has 0 saturated carbocycles. The second-order valence-corrected chi connectivity index (χ2v) is 11.3. The molecule has 0 saturated heterocycles. The molecule has 11 heteroatoms. The molecule has 5 rings (SSSR count). The average Bonchev–Trinajstić information content (AvgIpc) is 3.26. The first-order valence-electron chi connectivity index (χ1n) is 13.6. The minimum Gasteiger partial charge on any atom is -0.457 e. The first-order chi connectivity index (χ1) is 19.3. The van der Waals surface area contributed by atoms with Crippen LogP contribution in [-0.4, -0.2) is 39.3 Å². The Balaban J connectivity index is 1.64. The molecule has 41 heavy (non-hydrogen) atoms. The van der Waals surface area contributed by atoms with Crippen LogP contribution in [0.2, 0.25) is 0 Å². The van der Waals surface area contributed by atoms with Crippen LogP contribution in [0, 0.1) is 0 Å². The van der Waals surface area contributed by atoms with Crippen molar-refractivity contribution in [2.75, 3.05) is 0 Å². The van der Waals surface area contributed by atoms with Gasteiger partial charge in [-0.2, -0.15) is 0 Å². The predicted molar refractivity (Wildman–Crippen MR) is 148 cm³/mol. The summed E-state index contributed by atoms with van der Waals surface area (Å²) in [7, 11) is 0. The summed E-state index contributed by atoms with van der Waals surface area (Å²) >= 11 is 0. The molecule has 216 valence electrons. The fourth-order valence-electron chi connectivity index (χ4n) is 5.40. The van der Waals surface area contributed by atoms with Crippen molar-refractivity contribution in [2.24, 2.45) is 5.73 Å². The molecular weight excluding hydrogens is 530 g/mol. The van der Waals surface area contributed by atoms with Gasteiger partial charge in [-0.25, -0.2) is 14.6 Å². The van der Waals surface area contributed by atoms with Crippen molar-refractivity contribution in [1.82, 2.24) is 9.55 Å². The highest BCUT2D eigenvalue weighted by Crippen LogP contribution is 2.42. The third kappa shape index (κ3) is 4.73. The number of benzene rings is 1. The Hall–Kier alpha value is -4.25. The lowest BCUT2D eigenvalue weighted by Crippen LogP contribution is -2.49. The Labute approximate surface area is 236 Å². The van der Waals surface area contributed by atoms with Crippen molar-refractivity contribution in [3.8, 4) is 17.1 Å². The molecule has 0 spiro atoms. The van der Waals surface area contributed by atoms with Gasteiger partial charge in [0.05, 0.1) is 29.0 Å². The second kappa shape index (κ2) is 9.99. The standard InChI is InChI=1S/C30H33N3O8/c1-7-17-18-11-16(39-28(37)41-29(4,5)6)9-10-22(18)32-24-19(17)13-33-23(24)12-21-20(25(33)34)14-38-27(36)30(21,8-2)40-26(35)15(3)31/h9-12,15H,7-8,13-14,31H2,1-6H3/t15?,30-/m0/s1. The molecule has 0 amide bonds. The topological polar surface area (TPSA) is 149 Å². The van der Waals surface area contributed by atoms with Gasteiger partial charge in [0.15, 0.2) is 0 Å². The number of esters is 2. The maximum absolute atomic E-state index is 13.8. The van der Waals surface area contributed by atoms with E-state index < -0.39 is 35.3 Å². The lowest BCUT2D eigenvalue weighted by molar-refractivity contribution is -0.190. The summed E-state index contributed by atoms with van der Waals surface area (Å²) in [6, 6.07) is 5.85. The fraction of sp³-hybridized carbons (Fsp3) is 0.433. The summed E-state index contributed by atoms with van der Waals surface area (Å²) < 4.78 is 23.3. The molecular formula is C30H33N3O8. The first kappa shape index (κ1) is 28.3. The van der Waals surface area contributed by atoms with E-state index in [2.05, 4.69) is 0 Å². The number of fused-ring (bicyclic) bond motifs is 5. The normalized spacial score (nSPS) is 18.2. The second-order valence-electron chi connectivity index (χ2n) is 11.3. The van der Waals surface area contributed by atoms with Crippen LogP contribution in [0.4, 0.5) is 4.79 Å². The van der Waals surface area contributed by atoms with E-state index in [1.807, 2.05) is 6.92 Å². The number of nitrogens with two attached hydrogens (primary N) is 1. The van der Waals surface area contributed by atoms with Crippen LogP contribution in [-0.2, 0) is 49.0 Å². The number of ether oxygens (including phenoxy) is 4. The Kier molecular flexibility index (Phi) is 6.89. The molecule has 2 aliphatic rings. The Morgan fingerprint density at radius 3 is 2.54 bits per heavy atom. The van der Waals surface area contributed by atoms with Crippen molar-refractivity contribution in [2.45, 2.75) is 84.8 Å². The van der Waals surface area contributed by atoms with Crippen molar-refractivity contribution < 1.29 is 33.3 Å². The average molecular weight is 564 g/mol. The number of pyridine rings is 2. The molecule has 2 aliphatic heterocycles. The summed E-state index contributed by atoms with van der Waals surface area (Å²) in [6.45, 7) is 10.4. The zero-order chi connectivity index (χ0) is 29.9. The zero-order valence-corrected chi connectivity index (χ0v) is 24.0. The van der Waals surface area contributed by atoms with Gasteiger partial charge in [-0.1, -0.05) is 13.8 Å². The molecule has 2 atom stereocenters. The zero-order valence-electron chi connectivity index (χ0n) is 24.0. The van der Waals surface area contributed by atoms with Crippen LogP contribution in [0.15, 0.2) is 29.1 Å². The number of rotatable bonds is 5. The molecule has 4 heterocycles. The van der Waals surface area contributed by atoms with E-state index in [9.17, 15) is 19.2 Å². The molecule has 1 unspecified atom stereocenters. The Morgan fingerprint density at radius 2 is 1.90 bits per heavy atom. The van der Waals surface area contributed by atoms with Crippen LogP contribution in [0.3, 0.4) is 0 Å². The van der Waals surface area contributed by atoms with Gasteiger partial charge < -0.3 is 29.2 Å².